The molecular weight excluding hydrogens is 344 g/mol. The average Bonchev–Trinajstić information content (AvgIpc) is 3.19. The lowest BCUT2D eigenvalue weighted by atomic mass is 10.2. The molecule has 0 saturated heterocycles. The van der Waals surface area contributed by atoms with Crippen LogP contribution in [-0.4, -0.2) is 30.8 Å². The van der Waals surface area contributed by atoms with Gasteiger partial charge in [0.15, 0.2) is 0 Å². The van der Waals surface area contributed by atoms with Crippen LogP contribution in [0.5, 0.6) is 0 Å². The van der Waals surface area contributed by atoms with Crippen LogP contribution >= 0.6 is 0 Å². The Morgan fingerprint density at radius 3 is 2.81 bits per heavy atom. The monoisotopic (exact) mass is 366 g/mol. The molecule has 0 aliphatic heterocycles. The van der Waals surface area contributed by atoms with Crippen LogP contribution in [0.2, 0.25) is 0 Å². The zero-order valence-corrected chi connectivity index (χ0v) is 15.6. The number of nitrogens with zero attached hydrogens (tertiary/aromatic N) is 5. The summed E-state index contributed by atoms with van der Waals surface area (Å²) >= 11 is 0. The van der Waals surface area contributed by atoms with Gasteiger partial charge in [-0.1, -0.05) is 5.16 Å². The molecule has 1 saturated carbocycles. The van der Waals surface area contributed by atoms with E-state index in [4.69, 9.17) is 4.52 Å². The van der Waals surface area contributed by atoms with Crippen molar-refractivity contribution in [1.29, 1.82) is 0 Å². The van der Waals surface area contributed by atoms with E-state index in [1.54, 1.807) is 23.1 Å². The van der Waals surface area contributed by atoms with Crippen LogP contribution in [0.4, 0.5) is 0 Å². The predicted octanol–water partition coefficient (Wildman–Crippen LogP) is 3.28. The summed E-state index contributed by atoms with van der Waals surface area (Å²) in [5.41, 5.74) is 2.44. The molecule has 1 amide bonds. The Morgan fingerprint density at radius 2 is 2.07 bits per heavy atom. The number of aromatic nitrogens is 5. The first-order valence-electron chi connectivity index (χ1n) is 9.17. The highest BCUT2D eigenvalue weighted by atomic mass is 16.5. The van der Waals surface area contributed by atoms with E-state index in [2.05, 4.69) is 25.5 Å². The predicted molar refractivity (Wildman–Crippen MR) is 98.0 cm³/mol. The van der Waals surface area contributed by atoms with E-state index in [0.717, 1.165) is 11.3 Å². The lowest BCUT2D eigenvalue weighted by Gasteiger charge is -2.13. The minimum absolute atomic E-state index is 0.0958. The third-order valence-corrected chi connectivity index (χ3v) is 4.59. The minimum atomic E-state index is -0.418. The van der Waals surface area contributed by atoms with Crippen molar-refractivity contribution < 1.29 is 9.32 Å². The van der Waals surface area contributed by atoms with Gasteiger partial charge >= 0.3 is 0 Å². The molecule has 0 radical (unpaired) electrons. The van der Waals surface area contributed by atoms with Crippen molar-refractivity contribution in [3.8, 4) is 11.4 Å². The number of hydrogen-bond acceptors (Lipinski definition) is 6. The largest absolute Gasteiger partial charge is 0.339 e. The Bertz CT molecular complexity index is 957. The molecule has 1 fully saturated rings. The van der Waals surface area contributed by atoms with E-state index in [9.17, 15) is 4.79 Å². The lowest BCUT2D eigenvalue weighted by molar-refractivity contribution is 0.0919. The molecule has 0 bridgehead atoms. The van der Waals surface area contributed by atoms with Crippen molar-refractivity contribution in [1.82, 2.24) is 30.2 Å². The summed E-state index contributed by atoms with van der Waals surface area (Å²) in [4.78, 5) is 21.4. The molecule has 0 spiro atoms. The number of pyridine rings is 1. The third kappa shape index (κ3) is 3.60. The van der Waals surface area contributed by atoms with Gasteiger partial charge in [0, 0.05) is 35.6 Å². The fourth-order valence-electron chi connectivity index (χ4n) is 2.96. The summed E-state index contributed by atoms with van der Waals surface area (Å²) < 4.78 is 7.05. The van der Waals surface area contributed by atoms with Gasteiger partial charge in [-0.05, 0) is 51.8 Å². The van der Waals surface area contributed by atoms with Crippen LogP contribution in [0.15, 0.2) is 35.1 Å². The van der Waals surface area contributed by atoms with E-state index in [-0.39, 0.29) is 11.9 Å². The first kappa shape index (κ1) is 17.4. The fourth-order valence-corrected chi connectivity index (χ4v) is 2.96. The summed E-state index contributed by atoms with van der Waals surface area (Å²) in [6.07, 6.45) is 5.76. The molecule has 8 heteroatoms. The highest BCUT2D eigenvalue weighted by molar-refractivity contribution is 5.92. The Labute approximate surface area is 157 Å². The number of carbonyl (C=O) groups excluding carboxylic acids is 1. The lowest BCUT2D eigenvalue weighted by Crippen LogP contribution is -2.29. The van der Waals surface area contributed by atoms with E-state index in [1.165, 1.54) is 12.8 Å². The molecule has 3 heterocycles. The molecule has 3 aromatic heterocycles. The Balaban J connectivity index is 1.48. The Morgan fingerprint density at radius 1 is 1.26 bits per heavy atom. The minimum Gasteiger partial charge on any atom is -0.339 e. The van der Waals surface area contributed by atoms with Crippen LogP contribution in [0.25, 0.3) is 11.4 Å². The van der Waals surface area contributed by atoms with Crippen LogP contribution < -0.4 is 5.32 Å². The summed E-state index contributed by atoms with van der Waals surface area (Å²) in [5, 5.41) is 11.1. The van der Waals surface area contributed by atoms with E-state index < -0.39 is 6.04 Å². The molecule has 27 heavy (non-hydrogen) atoms. The second-order valence-electron chi connectivity index (χ2n) is 7.15. The highest BCUT2D eigenvalue weighted by Gasteiger charge is 2.26. The van der Waals surface area contributed by atoms with Crippen LogP contribution in [-0.2, 0) is 0 Å². The van der Waals surface area contributed by atoms with Crippen LogP contribution in [0.1, 0.15) is 73.7 Å². The topological polar surface area (TPSA) is 98.7 Å². The van der Waals surface area contributed by atoms with Gasteiger partial charge in [-0.15, -0.1) is 0 Å². The molecule has 1 aliphatic rings. The van der Waals surface area contributed by atoms with Gasteiger partial charge < -0.3 is 9.84 Å². The third-order valence-electron chi connectivity index (χ3n) is 4.59. The molecule has 0 aromatic carbocycles. The number of hydrogen-bond donors (Lipinski definition) is 1. The van der Waals surface area contributed by atoms with E-state index in [0.29, 0.717) is 23.3 Å². The van der Waals surface area contributed by atoms with Gasteiger partial charge in [-0.3, -0.25) is 14.5 Å². The van der Waals surface area contributed by atoms with Crippen molar-refractivity contribution >= 4 is 5.91 Å². The molecule has 1 unspecified atom stereocenters. The van der Waals surface area contributed by atoms with Gasteiger partial charge in [0.2, 0.25) is 11.7 Å². The van der Waals surface area contributed by atoms with Gasteiger partial charge in [-0.25, -0.2) is 0 Å². The zero-order chi connectivity index (χ0) is 19.0. The van der Waals surface area contributed by atoms with Crippen LogP contribution in [0, 0.1) is 0 Å². The van der Waals surface area contributed by atoms with Crippen LogP contribution in [0.3, 0.4) is 0 Å². The van der Waals surface area contributed by atoms with Gasteiger partial charge in [0.05, 0.1) is 0 Å². The van der Waals surface area contributed by atoms with Crippen molar-refractivity contribution in [3.05, 3.63) is 47.9 Å². The second kappa shape index (κ2) is 6.94. The first-order valence-corrected chi connectivity index (χ1v) is 9.17. The maximum absolute atomic E-state index is 12.5. The molecule has 3 aromatic rings. The SMILES string of the molecule is CC(NC(=O)c1ccnn1C(C)C)c1nc(-c2ccnc(C3CC3)c2)no1. The molecule has 4 rings (SSSR count). The molecule has 1 aliphatic carbocycles. The number of rotatable bonds is 6. The first-order chi connectivity index (χ1) is 13.0. The molecule has 1 atom stereocenters. The van der Waals surface area contributed by atoms with Crippen molar-refractivity contribution in [2.75, 3.05) is 0 Å². The highest BCUT2D eigenvalue weighted by Crippen LogP contribution is 2.39. The number of carbonyl (C=O) groups is 1. The average molecular weight is 366 g/mol. The summed E-state index contributed by atoms with van der Waals surface area (Å²) in [5.74, 6) is 1.19. The molecule has 140 valence electrons. The smallest absolute Gasteiger partial charge is 0.270 e. The Hall–Kier alpha value is -3.03. The normalized spacial score (nSPS) is 15.1. The molecule has 1 N–H and O–H groups in total. The van der Waals surface area contributed by atoms with Gasteiger partial charge in [0.25, 0.3) is 5.91 Å². The van der Waals surface area contributed by atoms with Gasteiger partial charge in [-0.2, -0.15) is 10.1 Å². The molecular formula is C19H22N6O2. The van der Waals surface area contributed by atoms with E-state index in [1.807, 2.05) is 32.9 Å². The van der Waals surface area contributed by atoms with Crippen molar-refractivity contribution in [2.45, 2.75) is 51.6 Å². The quantitative estimate of drug-likeness (QED) is 0.719. The maximum atomic E-state index is 12.5. The summed E-state index contributed by atoms with van der Waals surface area (Å²) in [6, 6.07) is 5.25. The Kier molecular flexibility index (Phi) is 4.47. The number of amides is 1. The van der Waals surface area contributed by atoms with Gasteiger partial charge in [0.1, 0.15) is 11.7 Å². The van der Waals surface area contributed by atoms with Crippen molar-refractivity contribution in [2.24, 2.45) is 0 Å². The standard InChI is InChI=1S/C19H22N6O2/c1-11(2)25-16(7-9-21-25)18(26)22-12(3)19-23-17(24-27-19)14-6-8-20-15(10-14)13-4-5-13/h6-13H,4-5H2,1-3H3,(H,22,26). The zero-order valence-electron chi connectivity index (χ0n) is 15.6. The fraction of sp³-hybridized carbons (Fsp3) is 0.421. The molecule has 8 nitrogen and oxygen atoms in total. The maximum Gasteiger partial charge on any atom is 0.270 e. The summed E-state index contributed by atoms with van der Waals surface area (Å²) in [7, 11) is 0. The van der Waals surface area contributed by atoms with Crippen molar-refractivity contribution in [3.63, 3.8) is 0 Å². The number of nitrogens with one attached hydrogen (secondary N) is 1. The van der Waals surface area contributed by atoms with E-state index >= 15 is 0 Å². The second-order valence-corrected chi connectivity index (χ2v) is 7.15. The summed E-state index contributed by atoms with van der Waals surface area (Å²) in [6.45, 7) is 5.76.